The molecule has 1 aliphatic rings. The van der Waals surface area contributed by atoms with Crippen LogP contribution in [0.4, 0.5) is 0 Å². The SMILES string of the molecule is CCOC(=O)C1=C(C)N=c2s/c(=C\c3c(C)n(Cc4ccccc4Cl)c4ccccc34)c(=O)n2[C@H]1c1ccc(OC)c(Br)c1. The number of methoxy groups -OCH3 is 1. The molecule has 0 saturated carbocycles. The van der Waals surface area contributed by atoms with Crippen LogP contribution in [0.1, 0.15) is 42.3 Å². The highest BCUT2D eigenvalue weighted by Crippen LogP contribution is 2.35. The first kappa shape index (κ1) is 30.1. The van der Waals surface area contributed by atoms with Gasteiger partial charge in [0.2, 0.25) is 0 Å². The van der Waals surface area contributed by atoms with Crippen molar-refractivity contribution < 1.29 is 14.3 Å². The highest BCUT2D eigenvalue weighted by molar-refractivity contribution is 9.10. The number of allylic oxidation sites excluding steroid dienone is 1. The number of hydrogen-bond donors (Lipinski definition) is 0. The van der Waals surface area contributed by atoms with Crippen LogP contribution in [-0.4, -0.2) is 28.8 Å². The molecule has 0 saturated heterocycles. The number of ether oxygens (including phenoxy) is 2. The summed E-state index contributed by atoms with van der Waals surface area (Å²) in [5.41, 5.74) is 5.36. The Balaban J connectivity index is 1.56. The van der Waals surface area contributed by atoms with Gasteiger partial charge in [0.05, 0.1) is 40.0 Å². The van der Waals surface area contributed by atoms with E-state index in [1.54, 1.807) is 25.5 Å². The molecule has 0 radical (unpaired) electrons. The number of esters is 1. The molecule has 0 aliphatic carbocycles. The van der Waals surface area contributed by atoms with Crippen LogP contribution in [0.5, 0.6) is 5.75 Å². The van der Waals surface area contributed by atoms with Crippen molar-refractivity contribution in [3.63, 3.8) is 0 Å². The standard InChI is InChI=1S/C34H29BrClN3O4S/c1-5-43-33(41)30-19(2)37-34-39(31(30)21-14-15-28(42-4)25(35)16-21)32(40)29(44-34)17-24-20(3)38(27-13-9-7-11-23(24)27)18-22-10-6-8-12-26(22)36/h6-17,31H,5,18H2,1-4H3/b29-17-/t31-/m0/s1. The second-order valence-electron chi connectivity index (χ2n) is 10.4. The van der Waals surface area contributed by atoms with Crippen LogP contribution in [0, 0.1) is 6.92 Å². The summed E-state index contributed by atoms with van der Waals surface area (Å²) in [6.45, 7) is 6.39. The van der Waals surface area contributed by atoms with Crippen LogP contribution in [0.25, 0.3) is 17.0 Å². The molecule has 0 unspecified atom stereocenters. The third-order valence-electron chi connectivity index (χ3n) is 7.85. The van der Waals surface area contributed by atoms with Crippen LogP contribution in [0.2, 0.25) is 5.02 Å². The molecule has 2 aromatic heterocycles. The third-order valence-corrected chi connectivity index (χ3v) is 9.82. The molecule has 7 nitrogen and oxygen atoms in total. The summed E-state index contributed by atoms with van der Waals surface area (Å²) in [5.74, 6) is 0.140. The highest BCUT2D eigenvalue weighted by atomic mass is 79.9. The number of hydrogen-bond acceptors (Lipinski definition) is 6. The molecule has 1 atom stereocenters. The van der Waals surface area contributed by atoms with Gasteiger partial charge in [0.1, 0.15) is 5.75 Å². The van der Waals surface area contributed by atoms with Crippen molar-refractivity contribution in [1.82, 2.24) is 9.13 Å². The fraction of sp³-hybridized carbons (Fsp3) is 0.206. The molecule has 0 spiro atoms. The Kier molecular flexibility index (Phi) is 8.37. The highest BCUT2D eigenvalue weighted by Gasteiger charge is 2.33. The summed E-state index contributed by atoms with van der Waals surface area (Å²) in [6.07, 6.45) is 1.94. The zero-order chi connectivity index (χ0) is 31.1. The molecule has 0 bridgehead atoms. The van der Waals surface area contributed by atoms with Crippen molar-refractivity contribution >= 4 is 61.8 Å². The molecule has 0 fully saturated rings. The van der Waals surface area contributed by atoms with Crippen LogP contribution >= 0.6 is 38.9 Å². The first-order valence-corrected chi connectivity index (χ1v) is 16.1. The summed E-state index contributed by atoms with van der Waals surface area (Å²) in [4.78, 5) is 32.8. The number of para-hydroxylation sites is 1. The minimum absolute atomic E-state index is 0.205. The van der Waals surface area contributed by atoms with E-state index in [2.05, 4.69) is 39.6 Å². The molecule has 5 aromatic rings. The molecule has 0 amide bonds. The normalized spacial score (nSPS) is 15.0. The molecule has 6 rings (SSSR count). The van der Waals surface area contributed by atoms with E-state index < -0.39 is 12.0 Å². The van der Waals surface area contributed by atoms with Gasteiger partial charge in [0.15, 0.2) is 4.80 Å². The fourth-order valence-electron chi connectivity index (χ4n) is 5.73. The average Bonchev–Trinajstić information content (AvgIpc) is 3.46. The first-order chi connectivity index (χ1) is 21.2. The van der Waals surface area contributed by atoms with E-state index in [0.29, 0.717) is 42.4 Å². The number of nitrogens with zero attached hydrogens (tertiary/aromatic N) is 3. The Labute approximate surface area is 271 Å². The minimum Gasteiger partial charge on any atom is -0.496 e. The average molecular weight is 691 g/mol. The van der Waals surface area contributed by atoms with Gasteiger partial charge in [-0.2, -0.15) is 0 Å². The summed E-state index contributed by atoms with van der Waals surface area (Å²) in [6, 6.07) is 20.8. The Hall–Kier alpha value is -3.92. The van der Waals surface area contributed by atoms with Crippen molar-refractivity contribution in [2.45, 2.75) is 33.4 Å². The molecular formula is C34H29BrClN3O4S. The Morgan fingerprint density at radius 3 is 2.59 bits per heavy atom. The van der Waals surface area contributed by atoms with Gasteiger partial charge in [-0.3, -0.25) is 9.36 Å². The van der Waals surface area contributed by atoms with Crippen molar-refractivity contribution in [3.05, 3.63) is 130 Å². The van der Waals surface area contributed by atoms with Crippen LogP contribution < -0.4 is 19.6 Å². The van der Waals surface area contributed by atoms with Gasteiger partial charge in [-0.1, -0.05) is 65.4 Å². The summed E-state index contributed by atoms with van der Waals surface area (Å²) >= 11 is 11.4. The largest absolute Gasteiger partial charge is 0.496 e. The van der Waals surface area contributed by atoms with Gasteiger partial charge < -0.3 is 14.0 Å². The Bertz CT molecular complexity index is 2160. The van der Waals surface area contributed by atoms with Gasteiger partial charge in [-0.05, 0) is 78.2 Å². The van der Waals surface area contributed by atoms with E-state index in [0.717, 1.165) is 33.3 Å². The molecule has 10 heteroatoms. The number of fused-ring (bicyclic) bond motifs is 2. The monoisotopic (exact) mass is 689 g/mol. The predicted molar refractivity (Wildman–Crippen MR) is 178 cm³/mol. The number of carbonyl (C=O) groups excluding carboxylic acids is 1. The molecule has 44 heavy (non-hydrogen) atoms. The van der Waals surface area contributed by atoms with Crippen molar-refractivity contribution in [3.8, 4) is 5.75 Å². The Morgan fingerprint density at radius 2 is 1.86 bits per heavy atom. The molecule has 224 valence electrons. The second-order valence-corrected chi connectivity index (χ2v) is 12.7. The summed E-state index contributed by atoms with van der Waals surface area (Å²) in [5, 5.41) is 1.74. The maximum Gasteiger partial charge on any atom is 0.338 e. The Morgan fingerprint density at radius 1 is 1.11 bits per heavy atom. The zero-order valence-corrected chi connectivity index (χ0v) is 27.7. The topological polar surface area (TPSA) is 74.8 Å². The maximum absolute atomic E-state index is 14.3. The lowest BCUT2D eigenvalue weighted by Gasteiger charge is -2.25. The first-order valence-electron chi connectivity index (χ1n) is 14.1. The number of benzene rings is 3. The van der Waals surface area contributed by atoms with Crippen molar-refractivity contribution in [1.29, 1.82) is 0 Å². The molecule has 3 heterocycles. The number of rotatable bonds is 7. The minimum atomic E-state index is -0.725. The van der Waals surface area contributed by atoms with Crippen LogP contribution in [0.15, 0.2) is 92.3 Å². The van der Waals surface area contributed by atoms with Crippen molar-refractivity contribution in [2.75, 3.05) is 13.7 Å². The smallest absolute Gasteiger partial charge is 0.338 e. The van der Waals surface area contributed by atoms with Crippen molar-refractivity contribution in [2.24, 2.45) is 4.99 Å². The van der Waals surface area contributed by atoms with Gasteiger partial charge in [-0.15, -0.1) is 0 Å². The molecular weight excluding hydrogens is 662 g/mol. The molecule has 1 aliphatic heterocycles. The molecule has 3 aromatic carbocycles. The van der Waals surface area contributed by atoms with E-state index in [1.165, 1.54) is 11.3 Å². The van der Waals surface area contributed by atoms with E-state index >= 15 is 0 Å². The fourth-order valence-corrected chi connectivity index (χ4v) is 7.51. The number of carbonyl (C=O) groups is 1. The lowest BCUT2D eigenvalue weighted by atomic mass is 9.96. The number of aromatic nitrogens is 2. The van der Waals surface area contributed by atoms with Gasteiger partial charge in [-0.25, -0.2) is 9.79 Å². The zero-order valence-electron chi connectivity index (χ0n) is 24.6. The lowest BCUT2D eigenvalue weighted by Crippen LogP contribution is -2.40. The van der Waals surface area contributed by atoms with E-state index in [-0.39, 0.29) is 12.2 Å². The predicted octanol–water partition coefficient (Wildman–Crippen LogP) is 6.53. The lowest BCUT2D eigenvalue weighted by molar-refractivity contribution is -0.139. The molecule has 0 N–H and O–H groups in total. The van der Waals surface area contributed by atoms with Gasteiger partial charge >= 0.3 is 5.97 Å². The summed E-state index contributed by atoms with van der Waals surface area (Å²) < 4.78 is 15.9. The third kappa shape index (κ3) is 5.23. The van der Waals surface area contributed by atoms with Crippen LogP contribution in [-0.2, 0) is 16.1 Å². The van der Waals surface area contributed by atoms with E-state index in [9.17, 15) is 9.59 Å². The van der Waals surface area contributed by atoms with E-state index in [4.69, 9.17) is 26.1 Å². The van der Waals surface area contributed by atoms with E-state index in [1.807, 2.05) is 60.7 Å². The number of halogens is 2. The maximum atomic E-state index is 14.3. The number of thiazole rings is 1. The van der Waals surface area contributed by atoms with Gasteiger partial charge in [0, 0.05) is 33.7 Å². The van der Waals surface area contributed by atoms with Gasteiger partial charge in [0.25, 0.3) is 5.56 Å². The quantitative estimate of drug-likeness (QED) is 0.182. The van der Waals surface area contributed by atoms with Crippen LogP contribution in [0.3, 0.4) is 0 Å². The second kappa shape index (κ2) is 12.2. The summed E-state index contributed by atoms with van der Waals surface area (Å²) in [7, 11) is 1.59.